The number of hydrogen-bond donors (Lipinski definition) is 1. The summed E-state index contributed by atoms with van der Waals surface area (Å²) in [5.74, 6) is -0.599. The minimum Gasteiger partial charge on any atom is -0.503 e. The number of nitrogens with zero attached hydrogens (tertiary/aromatic N) is 1. The van der Waals surface area contributed by atoms with Gasteiger partial charge in [0.15, 0.2) is 11.5 Å². The first-order chi connectivity index (χ1) is 18.6. The smallest absolute Gasteiger partial charge is 0.290 e. The van der Waals surface area contributed by atoms with Crippen LogP contribution < -0.4 is 4.74 Å². The molecule has 3 heterocycles. The molecule has 1 aliphatic rings. The minimum atomic E-state index is -0.850. The second-order valence-corrected chi connectivity index (χ2v) is 9.00. The van der Waals surface area contributed by atoms with Crippen LogP contribution in [0.15, 0.2) is 123 Å². The van der Waals surface area contributed by atoms with E-state index in [2.05, 4.69) is 0 Å². The number of aliphatic hydroxyl groups is 1. The third kappa shape index (κ3) is 4.35. The van der Waals surface area contributed by atoms with Gasteiger partial charge in [0.25, 0.3) is 5.91 Å². The van der Waals surface area contributed by atoms with Crippen molar-refractivity contribution in [3.8, 4) is 5.75 Å². The summed E-state index contributed by atoms with van der Waals surface area (Å²) in [6.07, 6.45) is 1.51. The van der Waals surface area contributed by atoms with Gasteiger partial charge >= 0.3 is 0 Å². The normalized spacial score (nSPS) is 15.4. The molecular weight excluding hydrogens is 482 g/mol. The Morgan fingerprint density at radius 2 is 1.68 bits per heavy atom. The third-order valence-corrected chi connectivity index (χ3v) is 6.55. The second kappa shape index (κ2) is 9.78. The first kappa shape index (κ1) is 23.4. The predicted molar refractivity (Wildman–Crippen MR) is 139 cm³/mol. The van der Waals surface area contributed by atoms with Gasteiger partial charge in [0.2, 0.25) is 5.78 Å². The molecule has 2 aromatic heterocycles. The van der Waals surface area contributed by atoms with Gasteiger partial charge in [-0.05, 0) is 47.5 Å². The number of ketones is 1. The van der Waals surface area contributed by atoms with Crippen molar-refractivity contribution in [3.05, 3.63) is 137 Å². The lowest BCUT2D eigenvalue weighted by Gasteiger charge is -2.26. The maximum atomic E-state index is 13.7. The van der Waals surface area contributed by atoms with Crippen molar-refractivity contribution in [1.82, 2.24) is 4.90 Å². The minimum absolute atomic E-state index is 0.0430. The molecule has 3 aromatic carbocycles. The van der Waals surface area contributed by atoms with Crippen molar-refractivity contribution in [2.24, 2.45) is 0 Å². The van der Waals surface area contributed by atoms with Crippen LogP contribution in [0.5, 0.6) is 5.75 Å². The molecule has 6 rings (SSSR count). The Hall–Kier alpha value is -5.04. The topological polar surface area (TPSA) is 93.1 Å². The van der Waals surface area contributed by atoms with E-state index < -0.39 is 23.5 Å². The van der Waals surface area contributed by atoms with Crippen LogP contribution in [0.1, 0.15) is 33.5 Å². The zero-order chi connectivity index (χ0) is 26.1. The van der Waals surface area contributed by atoms with E-state index >= 15 is 0 Å². The highest BCUT2D eigenvalue weighted by atomic mass is 16.5. The van der Waals surface area contributed by atoms with Gasteiger partial charge in [-0.15, -0.1) is 0 Å². The number of furan rings is 2. The summed E-state index contributed by atoms with van der Waals surface area (Å²) in [6, 6.07) is 28.4. The lowest BCUT2D eigenvalue weighted by molar-refractivity contribution is -0.130. The number of fused-ring (bicyclic) bond motifs is 1. The third-order valence-electron chi connectivity index (χ3n) is 6.55. The standard InChI is InChI=1S/C31H23NO6/c33-29(26-17-22-9-4-5-11-25(22)38-26)27-28(32(31(35)30(27)34)18-24-10-6-16-36-24)21-12-14-23(15-13-21)37-19-20-7-2-1-3-8-20/h1-17,28,34H,18-19H2. The molecule has 0 spiro atoms. The maximum absolute atomic E-state index is 13.7. The molecule has 5 aromatic rings. The summed E-state index contributed by atoms with van der Waals surface area (Å²) in [7, 11) is 0. The number of rotatable bonds is 8. The summed E-state index contributed by atoms with van der Waals surface area (Å²) in [6.45, 7) is 0.479. The predicted octanol–water partition coefficient (Wildman–Crippen LogP) is 6.38. The quantitative estimate of drug-likeness (QED) is 0.246. The largest absolute Gasteiger partial charge is 0.503 e. The number of Topliss-reactive ketones (excluding diaryl/α,β-unsaturated/α-hetero) is 1. The molecule has 0 fully saturated rings. The van der Waals surface area contributed by atoms with Gasteiger partial charge in [-0.25, -0.2) is 0 Å². The first-order valence-electron chi connectivity index (χ1n) is 12.1. The van der Waals surface area contributed by atoms with Gasteiger partial charge in [0.05, 0.1) is 24.4 Å². The average Bonchev–Trinajstić information content (AvgIpc) is 3.68. The van der Waals surface area contributed by atoms with Crippen LogP contribution in [0.4, 0.5) is 0 Å². The summed E-state index contributed by atoms with van der Waals surface area (Å²) in [5.41, 5.74) is 2.18. The number of benzene rings is 3. The molecule has 7 heteroatoms. The Labute approximate surface area is 218 Å². The van der Waals surface area contributed by atoms with Gasteiger partial charge < -0.3 is 23.6 Å². The van der Waals surface area contributed by atoms with Crippen molar-refractivity contribution in [1.29, 1.82) is 0 Å². The lowest BCUT2D eigenvalue weighted by Crippen LogP contribution is -2.30. The van der Waals surface area contributed by atoms with Crippen LogP contribution in [0.2, 0.25) is 0 Å². The number of aliphatic hydroxyl groups excluding tert-OH is 1. The van der Waals surface area contributed by atoms with Crippen LogP contribution >= 0.6 is 0 Å². The molecule has 1 aliphatic heterocycles. The van der Waals surface area contributed by atoms with E-state index in [1.54, 1.807) is 48.5 Å². The van der Waals surface area contributed by atoms with Gasteiger partial charge in [0, 0.05) is 5.39 Å². The number of amides is 1. The van der Waals surface area contributed by atoms with Crippen LogP contribution in [0.25, 0.3) is 11.0 Å². The maximum Gasteiger partial charge on any atom is 0.290 e. The Bertz CT molecular complexity index is 1600. The fourth-order valence-corrected chi connectivity index (χ4v) is 4.68. The second-order valence-electron chi connectivity index (χ2n) is 9.00. The molecule has 188 valence electrons. The average molecular weight is 506 g/mol. The summed E-state index contributed by atoms with van der Waals surface area (Å²) in [5, 5.41) is 11.7. The molecule has 1 atom stereocenters. The van der Waals surface area contributed by atoms with Crippen molar-refractivity contribution >= 4 is 22.7 Å². The Morgan fingerprint density at radius 1 is 0.921 bits per heavy atom. The Balaban J connectivity index is 1.34. The van der Waals surface area contributed by atoms with E-state index in [4.69, 9.17) is 13.6 Å². The summed E-state index contributed by atoms with van der Waals surface area (Å²) >= 11 is 0. The molecule has 0 saturated heterocycles. The number of ether oxygens (including phenoxy) is 1. The van der Waals surface area contributed by atoms with E-state index in [1.165, 1.54) is 11.2 Å². The molecule has 0 radical (unpaired) electrons. The van der Waals surface area contributed by atoms with Crippen molar-refractivity contribution in [3.63, 3.8) is 0 Å². The van der Waals surface area contributed by atoms with Crippen molar-refractivity contribution in [2.75, 3.05) is 0 Å². The molecule has 0 saturated carbocycles. The highest BCUT2D eigenvalue weighted by Crippen LogP contribution is 2.41. The molecular formula is C31H23NO6. The summed E-state index contributed by atoms with van der Waals surface area (Å²) < 4.78 is 17.1. The van der Waals surface area contributed by atoms with Crippen LogP contribution in [-0.4, -0.2) is 21.7 Å². The molecule has 0 aliphatic carbocycles. The number of carbonyl (C=O) groups is 2. The molecule has 38 heavy (non-hydrogen) atoms. The van der Waals surface area contributed by atoms with E-state index in [9.17, 15) is 14.7 Å². The SMILES string of the molecule is O=C(C1=C(O)C(=O)N(Cc2ccco2)C1c1ccc(OCc2ccccc2)cc1)c1cc2ccccc2o1. The van der Waals surface area contributed by atoms with Gasteiger partial charge in [0.1, 0.15) is 23.7 Å². The zero-order valence-electron chi connectivity index (χ0n) is 20.2. The molecule has 1 unspecified atom stereocenters. The van der Waals surface area contributed by atoms with E-state index in [1.807, 2.05) is 48.5 Å². The number of carbonyl (C=O) groups excluding carboxylic acids is 2. The van der Waals surface area contributed by atoms with Gasteiger partial charge in [-0.1, -0.05) is 60.7 Å². The first-order valence-corrected chi connectivity index (χ1v) is 12.1. The number of para-hydroxylation sites is 1. The highest BCUT2D eigenvalue weighted by molar-refractivity contribution is 6.16. The summed E-state index contributed by atoms with van der Waals surface area (Å²) in [4.78, 5) is 28.3. The monoisotopic (exact) mass is 505 g/mol. The van der Waals surface area contributed by atoms with E-state index in [0.717, 1.165) is 10.9 Å². The van der Waals surface area contributed by atoms with Crippen LogP contribution in [0, 0.1) is 0 Å². The molecule has 1 amide bonds. The van der Waals surface area contributed by atoms with E-state index in [-0.39, 0.29) is 17.9 Å². The lowest BCUT2D eigenvalue weighted by atomic mass is 9.95. The Morgan fingerprint density at radius 3 is 2.42 bits per heavy atom. The van der Waals surface area contributed by atoms with Crippen molar-refractivity contribution < 1.29 is 28.3 Å². The molecule has 0 bridgehead atoms. The Kier molecular flexibility index (Phi) is 6.01. The zero-order valence-corrected chi connectivity index (χ0v) is 20.2. The van der Waals surface area contributed by atoms with Crippen LogP contribution in [-0.2, 0) is 17.9 Å². The van der Waals surface area contributed by atoms with Gasteiger partial charge in [-0.2, -0.15) is 0 Å². The van der Waals surface area contributed by atoms with Gasteiger partial charge in [-0.3, -0.25) is 9.59 Å². The van der Waals surface area contributed by atoms with E-state index in [0.29, 0.717) is 29.3 Å². The highest BCUT2D eigenvalue weighted by Gasteiger charge is 2.44. The molecule has 1 N–H and O–H groups in total. The molecule has 7 nitrogen and oxygen atoms in total. The fraction of sp³-hybridized carbons (Fsp3) is 0.0968. The van der Waals surface area contributed by atoms with Crippen LogP contribution in [0.3, 0.4) is 0 Å². The number of hydrogen-bond acceptors (Lipinski definition) is 6. The van der Waals surface area contributed by atoms with Crippen molar-refractivity contribution in [2.45, 2.75) is 19.2 Å². The fourth-order valence-electron chi connectivity index (χ4n) is 4.68.